The highest BCUT2D eigenvalue weighted by Gasteiger charge is 2.20. The Bertz CT molecular complexity index is 1510. The smallest absolute Gasteiger partial charge is 0.326 e. The van der Waals surface area contributed by atoms with Crippen LogP contribution in [0.5, 0.6) is 5.75 Å². The van der Waals surface area contributed by atoms with Crippen LogP contribution in [-0.4, -0.2) is 74.7 Å². The maximum Gasteiger partial charge on any atom is 0.326 e. The first-order valence-corrected chi connectivity index (χ1v) is 15.1. The van der Waals surface area contributed by atoms with E-state index in [0.717, 1.165) is 68.5 Å². The summed E-state index contributed by atoms with van der Waals surface area (Å²) in [6, 6.07) is 16.0. The number of ether oxygens (including phenoxy) is 1. The molecule has 1 aromatic carbocycles. The number of aliphatic carboxylic acids is 1. The molecule has 1 aliphatic rings. The third kappa shape index (κ3) is 9.18. The van der Waals surface area contributed by atoms with Gasteiger partial charge in [-0.2, -0.15) is 0 Å². The number of halogens is 1. The normalized spacial score (nSPS) is 13.1. The summed E-state index contributed by atoms with van der Waals surface area (Å²) in [6.07, 6.45) is 9.49. The number of unbranched alkanes of at least 4 members (excludes halogenated alkanes) is 1. The number of aryl methyl sites for hydroxylation is 2. The van der Waals surface area contributed by atoms with Crippen LogP contribution in [0.2, 0.25) is 0 Å². The molecule has 0 radical (unpaired) electrons. The number of rotatable bonds is 16. The quantitative estimate of drug-likeness (QED) is 0.150. The summed E-state index contributed by atoms with van der Waals surface area (Å²) in [6.45, 7) is 3.11. The summed E-state index contributed by atoms with van der Waals surface area (Å²) < 4.78 is 19.3. The topological polar surface area (TPSA) is 125 Å². The van der Waals surface area contributed by atoms with E-state index in [-0.39, 0.29) is 0 Å². The Kier molecular flexibility index (Phi) is 11.0. The summed E-state index contributed by atoms with van der Waals surface area (Å²) in [4.78, 5) is 31.9. The molecule has 0 saturated heterocycles. The predicted octanol–water partition coefficient (Wildman–Crippen LogP) is 5.09. The van der Waals surface area contributed by atoms with Gasteiger partial charge in [-0.15, -0.1) is 0 Å². The minimum absolute atomic E-state index is 0.320. The lowest BCUT2D eigenvalue weighted by atomic mass is 10.1. The predicted molar refractivity (Wildman–Crippen MR) is 167 cm³/mol. The monoisotopic (exact) mass is 599 g/mol. The van der Waals surface area contributed by atoms with Crippen molar-refractivity contribution in [3.8, 4) is 17.1 Å². The molecule has 44 heavy (non-hydrogen) atoms. The molecule has 0 amide bonds. The number of carboxylic acid groups (broad SMARTS) is 1. The van der Waals surface area contributed by atoms with Gasteiger partial charge >= 0.3 is 5.97 Å². The van der Waals surface area contributed by atoms with E-state index in [2.05, 4.69) is 42.6 Å². The Labute approximate surface area is 256 Å². The fourth-order valence-corrected chi connectivity index (χ4v) is 5.16. The molecule has 5 rings (SSSR count). The molecule has 4 aromatic rings. The van der Waals surface area contributed by atoms with E-state index in [0.29, 0.717) is 43.5 Å². The molecule has 230 valence electrons. The van der Waals surface area contributed by atoms with Crippen molar-refractivity contribution in [1.82, 2.24) is 24.8 Å². The second kappa shape index (κ2) is 15.7. The summed E-state index contributed by atoms with van der Waals surface area (Å²) in [5.41, 5.74) is 3.20. The molecular weight excluding hydrogens is 561 g/mol. The van der Waals surface area contributed by atoms with Gasteiger partial charge < -0.3 is 20.5 Å². The molecule has 3 N–H and O–H groups in total. The fraction of sp³-hybridized carbons (Fsp3) is 0.364. The maximum absolute atomic E-state index is 13.5. The fourth-order valence-electron chi connectivity index (χ4n) is 5.16. The largest absolute Gasteiger partial charge is 0.491 e. The average molecular weight is 600 g/mol. The highest BCUT2D eigenvalue weighted by Crippen LogP contribution is 2.21. The molecule has 0 bridgehead atoms. The summed E-state index contributed by atoms with van der Waals surface area (Å²) in [7, 11) is 0. The molecular formula is C33H38FN7O3. The number of pyridine rings is 2. The zero-order valence-corrected chi connectivity index (χ0v) is 24.7. The lowest BCUT2D eigenvalue weighted by Crippen LogP contribution is -2.37. The highest BCUT2D eigenvalue weighted by atomic mass is 19.1. The van der Waals surface area contributed by atoms with Gasteiger partial charge in [0.15, 0.2) is 5.82 Å². The van der Waals surface area contributed by atoms with Crippen molar-refractivity contribution in [2.45, 2.75) is 44.6 Å². The first kappa shape index (κ1) is 30.8. The summed E-state index contributed by atoms with van der Waals surface area (Å²) >= 11 is 0. The zero-order chi connectivity index (χ0) is 30.6. The number of hydrogen-bond acceptors (Lipinski definition) is 9. The van der Waals surface area contributed by atoms with E-state index in [4.69, 9.17) is 9.72 Å². The van der Waals surface area contributed by atoms with E-state index < -0.39 is 17.8 Å². The standard InChI is InChI=1S/C33H38FN7O3/c34-26-21-28(23-35-22-26)44-20-19-41(17-5-4-10-27-12-11-25-9-6-15-36-31(25)38-27)18-14-29(33(42)43)39-30-13-16-37-32(40-30)24-7-2-1-3-8-24/h1-3,7-8,11-13,16,21-23,29H,4-6,9-10,14-15,17-20H2,(H,36,38)(H,42,43)(H,37,39,40)/t29-/m0/s1. The van der Waals surface area contributed by atoms with Crippen LogP contribution in [0.3, 0.4) is 0 Å². The van der Waals surface area contributed by atoms with E-state index >= 15 is 0 Å². The van der Waals surface area contributed by atoms with Crippen molar-refractivity contribution >= 4 is 17.6 Å². The Hall–Kier alpha value is -4.64. The number of benzene rings is 1. The van der Waals surface area contributed by atoms with Crippen LogP contribution in [0.15, 0.2) is 73.2 Å². The number of fused-ring (bicyclic) bond motifs is 1. The van der Waals surface area contributed by atoms with Crippen LogP contribution in [0.1, 0.15) is 36.9 Å². The zero-order valence-electron chi connectivity index (χ0n) is 24.7. The molecule has 10 nitrogen and oxygen atoms in total. The number of anilines is 2. The van der Waals surface area contributed by atoms with Crippen LogP contribution in [0.25, 0.3) is 11.4 Å². The van der Waals surface area contributed by atoms with Gasteiger partial charge in [-0.05, 0) is 62.8 Å². The molecule has 4 heterocycles. The van der Waals surface area contributed by atoms with Crippen LogP contribution in [-0.2, 0) is 17.6 Å². The second-order valence-corrected chi connectivity index (χ2v) is 10.8. The van der Waals surface area contributed by atoms with Crippen molar-refractivity contribution in [2.24, 2.45) is 0 Å². The number of carboxylic acids is 1. The summed E-state index contributed by atoms with van der Waals surface area (Å²) in [5.74, 6) is 0.924. The summed E-state index contributed by atoms with van der Waals surface area (Å²) in [5, 5.41) is 16.5. The van der Waals surface area contributed by atoms with Crippen LogP contribution < -0.4 is 15.4 Å². The Morgan fingerprint density at radius 1 is 1.07 bits per heavy atom. The second-order valence-electron chi connectivity index (χ2n) is 10.8. The van der Waals surface area contributed by atoms with E-state index in [1.54, 1.807) is 12.3 Å². The van der Waals surface area contributed by atoms with Crippen LogP contribution in [0, 0.1) is 5.82 Å². The van der Waals surface area contributed by atoms with Crippen molar-refractivity contribution < 1.29 is 19.0 Å². The minimum Gasteiger partial charge on any atom is -0.491 e. The van der Waals surface area contributed by atoms with E-state index in [1.807, 2.05) is 30.3 Å². The molecule has 0 fully saturated rings. The molecule has 0 unspecified atom stereocenters. The molecule has 1 aliphatic heterocycles. The maximum atomic E-state index is 13.5. The highest BCUT2D eigenvalue weighted by molar-refractivity contribution is 5.77. The van der Waals surface area contributed by atoms with Gasteiger partial charge in [0.2, 0.25) is 0 Å². The first-order chi connectivity index (χ1) is 21.5. The van der Waals surface area contributed by atoms with Crippen molar-refractivity contribution in [3.63, 3.8) is 0 Å². The van der Waals surface area contributed by atoms with Crippen LogP contribution >= 0.6 is 0 Å². The van der Waals surface area contributed by atoms with Gasteiger partial charge in [0.05, 0.1) is 12.4 Å². The lowest BCUT2D eigenvalue weighted by molar-refractivity contribution is -0.138. The number of aromatic nitrogens is 4. The Morgan fingerprint density at radius 2 is 1.95 bits per heavy atom. The van der Waals surface area contributed by atoms with Crippen molar-refractivity contribution in [2.75, 3.05) is 43.4 Å². The lowest BCUT2D eigenvalue weighted by Gasteiger charge is -2.24. The number of nitrogens with one attached hydrogen (secondary N) is 2. The van der Waals surface area contributed by atoms with E-state index in [1.165, 1.54) is 17.8 Å². The Morgan fingerprint density at radius 3 is 2.80 bits per heavy atom. The van der Waals surface area contributed by atoms with E-state index in [9.17, 15) is 14.3 Å². The number of hydrogen-bond donors (Lipinski definition) is 3. The van der Waals surface area contributed by atoms with Gasteiger partial charge in [0, 0.05) is 43.2 Å². The van der Waals surface area contributed by atoms with Gasteiger partial charge in [-0.3, -0.25) is 9.88 Å². The third-order valence-corrected chi connectivity index (χ3v) is 7.51. The molecule has 0 saturated carbocycles. The third-order valence-electron chi connectivity index (χ3n) is 7.51. The average Bonchev–Trinajstić information content (AvgIpc) is 3.05. The molecule has 0 aliphatic carbocycles. The van der Waals surface area contributed by atoms with Gasteiger partial charge in [0.25, 0.3) is 0 Å². The van der Waals surface area contributed by atoms with Gasteiger partial charge in [-0.25, -0.2) is 24.1 Å². The first-order valence-electron chi connectivity index (χ1n) is 15.1. The molecule has 1 atom stereocenters. The van der Waals surface area contributed by atoms with Crippen molar-refractivity contribution in [3.05, 3.63) is 90.3 Å². The SMILES string of the molecule is O=C(O)[C@H](CCN(CCCCc1ccc2c(n1)NCCC2)CCOc1cncc(F)c1)Nc1ccnc(-c2ccccc2)n1. The number of nitrogens with zero attached hydrogens (tertiary/aromatic N) is 5. The number of carbonyl (C=O) groups is 1. The van der Waals surface area contributed by atoms with Gasteiger partial charge in [0.1, 0.15) is 35.9 Å². The van der Waals surface area contributed by atoms with Crippen molar-refractivity contribution in [1.29, 1.82) is 0 Å². The molecule has 3 aromatic heterocycles. The van der Waals surface area contributed by atoms with Crippen LogP contribution in [0.4, 0.5) is 16.0 Å². The minimum atomic E-state index is -0.959. The van der Waals surface area contributed by atoms with Gasteiger partial charge in [-0.1, -0.05) is 36.4 Å². The molecule has 11 heteroatoms. The molecule has 0 spiro atoms. The Balaban J connectivity index is 1.17.